The summed E-state index contributed by atoms with van der Waals surface area (Å²) in [6.45, 7) is 1.22. The number of methoxy groups -OCH3 is 1. The van der Waals surface area contributed by atoms with Gasteiger partial charge in [0, 0.05) is 18.2 Å². The second kappa shape index (κ2) is 6.53. The lowest BCUT2D eigenvalue weighted by molar-refractivity contribution is -0.119. The van der Waals surface area contributed by atoms with Crippen LogP contribution in [0.5, 0.6) is 5.75 Å². The highest BCUT2D eigenvalue weighted by Crippen LogP contribution is 2.21. The SMILES string of the molecule is COc1cc(C(=O)N(CC(N)=O)C2CCNC2)ccc1F. The van der Waals surface area contributed by atoms with Crippen molar-refractivity contribution in [3.05, 3.63) is 29.6 Å². The smallest absolute Gasteiger partial charge is 0.254 e. The summed E-state index contributed by atoms with van der Waals surface area (Å²) in [6, 6.07) is 3.77. The zero-order valence-corrected chi connectivity index (χ0v) is 11.8. The fourth-order valence-electron chi connectivity index (χ4n) is 2.40. The maximum atomic E-state index is 13.4. The zero-order valence-electron chi connectivity index (χ0n) is 11.8. The highest BCUT2D eigenvalue weighted by atomic mass is 19.1. The largest absolute Gasteiger partial charge is 0.494 e. The molecule has 0 saturated carbocycles. The summed E-state index contributed by atoms with van der Waals surface area (Å²) < 4.78 is 18.3. The number of nitrogens with zero attached hydrogens (tertiary/aromatic N) is 1. The Bertz CT molecular complexity index is 544. The van der Waals surface area contributed by atoms with Crippen LogP contribution in [0.4, 0.5) is 4.39 Å². The molecule has 0 aliphatic carbocycles. The van der Waals surface area contributed by atoms with Crippen molar-refractivity contribution in [2.45, 2.75) is 12.5 Å². The predicted molar refractivity (Wildman–Crippen MR) is 74.5 cm³/mol. The molecule has 1 unspecified atom stereocenters. The molecule has 0 bridgehead atoms. The van der Waals surface area contributed by atoms with Crippen LogP contribution in [-0.2, 0) is 4.79 Å². The summed E-state index contributed by atoms with van der Waals surface area (Å²) in [7, 11) is 1.33. The molecular weight excluding hydrogens is 277 g/mol. The molecule has 0 radical (unpaired) electrons. The van der Waals surface area contributed by atoms with Crippen molar-refractivity contribution < 1.29 is 18.7 Å². The van der Waals surface area contributed by atoms with Crippen LogP contribution in [0, 0.1) is 5.82 Å². The number of carbonyl (C=O) groups excluding carboxylic acids is 2. The first kappa shape index (κ1) is 15.2. The number of hydrogen-bond acceptors (Lipinski definition) is 4. The van der Waals surface area contributed by atoms with Gasteiger partial charge in [0.2, 0.25) is 5.91 Å². The summed E-state index contributed by atoms with van der Waals surface area (Å²) in [5.41, 5.74) is 5.48. The minimum Gasteiger partial charge on any atom is -0.494 e. The number of halogens is 1. The van der Waals surface area contributed by atoms with Gasteiger partial charge in [-0.15, -0.1) is 0 Å². The molecule has 0 aromatic heterocycles. The van der Waals surface area contributed by atoms with Crippen LogP contribution in [0.3, 0.4) is 0 Å². The van der Waals surface area contributed by atoms with Crippen LogP contribution in [0.25, 0.3) is 0 Å². The minimum atomic E-state index is -0.579. The molecule has 1 fully saturated rings. The Labute approximate surface area is 122 Å². The van der Waals surface area contributed by atoms with Crippen LogP contribution >= 0.6 is 0 Å². The van der Waals surface area contributed by atoms with Crippen molar-refractivity contribution in [3.63, 3.8) is 0 Å². The quantitative estimate of drug-likeness (QED) is 0.808. The lowest BCUT2D eigenvalue weighted by Crippen LogP contribution is -2.46. The number of nitrogens with two attached hydrogens (primary N) is 1. The van der Waals surface area contributed by atoms with E-state index in [9.17, 15) is 14.0 Å². The van der Waals surface area contributed by atoms with E-state index in [4.69, 9.17) is 10.5 Å². The summed E-state index contributed by atoms with van der Waals surface area (Å²) in [6.07, 6.45) is 0.747. The number of carbonyl (C=O) groups is 2. The van der Waals surface area contributed by atoms with Crippen LogP contribution in [-0.4, -0.2) is 49.5 Å². The average Bonchev–Trinajstić information content (AvgIpc) is 2.98. The summed E-state index contributed by atoms with van der Waals surface area (Å²) in [5, 5.41) is 3.13. The first-order valence-corrected chi connectivity index (χ1v) is 6.66. The molecule has 6 nitrogen and oxygen atoms in total. The Morgan fingerprint density at radius 2 is 2.29 bits per heavy atom. The second-order valence-electron chi connectivity index (χ2n) is 4.90. The van der Waals surface area contributed by atoms with Gasteiger partial charge in [-0.25, -0.2) is 4.39 Å². The Balaban J connectivity index is 2.26. The normalized spacial score (nSPS) is 17.5. The maximum absolute atomic E-state index is 13.4. The third-order valence-corrected chi connectivity index (χ3v) is 3.46. The van der Waals surface area contributed by atoms with E-state index in [1.165, 1.54) is 30.2 Å². The van der Waals surface area contributed by atoms with E-state index in [-0.39, 0.29) is 29.8 Å². The summed E-state index contributed by atoms with van der Waals surface area (Å²) >= 11 is 0. The van der Waals surface area contributed by atoms with Gasteiger partial charge >= 0.3 is 0 Å². The van der Waals surface area contributed by atoms with E-state index in [1.807, 2.05) is 0 Å². The Kier molecular flexibility index (Phi) is 4.74. The molecule has 1 heterocycles. The molecule has 3 N–H and O–H groups in total. The van der Waals surface area contributed by atoms with Crippen molar-refractivity contribution in [1.29, 1.82) is 0 Å². The molecular formula is C14H18FN3O3. The fourth-order valence-corrected chi connectivity index (χ4v) is 2.40. The molecule has 2 amide bonds. The number of nitrogens with one attached hydrogen (secondary N) is 1. The molecule has 1 saturated heterocycles. The average molecular weight is 295 g/mol. The van der Waals surface area contributed by atoms with Crippen LogP contribution < -0.4 is 15.8 Å². The van der Waals surface area contributed by atoms with Crippen LogP contribution in [0.2, 0.25) is 0 Å². The Hall–Kier alpha value is -2.15. The van der Waals surface area contributed by atoms with Gasteiger partial charge in [0.25, 0.3) is 5.91 Å². The predicted octanol–water partition coefficient (Wildman–Crippen LogP) is 0.124. The van der Waals surface area contributed by atoms with Gasteiger partial charge in [-0.1, -0.05) is 0 Å². The first-order valence-electron chi connectivity index (χ1n) is 6.66. The third kappa shape index (κ3) is 3.49. The number of hydrogen-bond donors (Lipinski definition) is 2. The zero-order chi connectivity index (χ0) is 15.4. The van der Waals surface area contributed by atoms with Gasteiger partial charge in [0.1, 0.15) is 0 Å². The van der Waals surface area contributed by atoms with Gasteiger partial charge in [0.05, 0.1) is 13.7 Å². The molecule has 21 heavy (non-hydrogen) atoms. The van der Waals surface area contributed by atoms with E-state index in [0.717, 1.165) is 13.0 Å². The highest BCUT2D eigenvalue weighted by Gasteiger charge is 2.28. The molecule has 0 spiro atoms. The minimum absolute atomic E-state index is 0.00979. The van der Waals surface area contributed by atoms with E-state index in [0.29, 0.717) is 6.54 Å². The fraction of sp³-hybridized carbons (Fsp3) is 0.429. The second-order valence-corrected chi connectivity index (χ2v) is 4.90. The number of amides is 2. The topological polar surface area (TPSA) is 84.7 Å². The summed E-state index contributed by atoms with van der Waals surface area (Å²) in [4.78, 5) is 25.2. The molecule has 1 atom stereocenters. The number of primary amides is 1. The lowest BCUT2D eigenvalue weighted by Gasteiger charge is -2.27. The lowest BCUT2D eigenvalue weighted by atomic mass is 10.1. The van der Waals surface area contributed by atoms with Gasteiger partial charge in [-0.2, -0.15) is 0 Å². The van der Waals surface area contributed by atoms with Crippen molar-refractivity contribution >= 4 is 11.8 Å². The highest BCUT2D eigenvalue weighted by molar-refractivity contribution is 5.97. The van der Waals surface area contributed by atoms with E-state index < -0.39 is 11.7 Å². The number of benzene rings is 1. The molecule has 1 aromatic rings. The van der Waals surface area contributed by atoms with Crippen molar-refractivity contribution in [2.24, 2.45) is 5.73 Å². The Morgan fingerprint density at radius 1 is 1.52 bits per heavy atom. The van der Waals surface area contributed by atoms with E-state index in [1.54, 1.807) is 0 Å². The van der Waals surface area contributed by atoms with Gasteiger partial charge < -0.3 is 20.7 Å². The van der Waals surface area contributed by atoms with E-state index in [2.05, 4.69) is 5.32 Å². The number of rotatable bonds is 5. The van der Waals surface area contributed by atoms with Gasteiger partial charge in [-0.3, -0.25) is 9.59 Å². The molecule has 1 aliphatic heterocycles. The molecule has 7 heteroatoms. The maximum Gasteiger partial charge on any atom is 0.254 e. The molecule has 114 valence electrons. The summed E-state index contributed by atoms with van der Waals surface area (Å²) in [5.74, 6) is -1.49. The van der Waals surface area contributed by atoms with Gasteiger partial charge in [-0.05, 0) is 31.2 Å². The Morgan fingerprint density at radius 3 is 2.86 bits per heavy atom. The standard InChI is InChI=1S/C14H18FN3O3/c1-21-12-6-9(2-3-11(12)15)14(20)18(8-13(16)19)10-4-5-17-7-10/h2-3,6,10,17H,4-5,7-8H2,1H3,(H2,16,19). The van der Waals surface area contributed by atoms with Crippen LogP contribution in [0.15, 0.2) is 18.2 Å². The third-order valence-electron chi connectivity index (χ3n) is 3.46. The number of ether oxygens (including phenoxy) is 1. The molecule has 1 aromatic carbocycles. The van der Waals surface area contributed by atoms with Gasteiger partial charge in [0.15, 0.2) is 11.6 Å². The van der Waals surface area contributed by atoms with Crippen molar-refractivity contribution in [1.82, 2.24) is 10.2 Å². The molecule has 1 aliphatic rings. The molecule has 2 rings (SSSR count). The van der Waals surface area contributed by atoms with Crippen molar-refractivity contribution in [2.75, 3.05) is 26.7 Å². The van der Waals surface area contributed by atoms with Crippen LogP contribution in [0.1, 0.15) is 16.8 Å². The first-order chi connectivity index (χ1) is 10.0. The monoisotopic (exact) mass is 295 g/mol. The van der Waals surface area contributed by atoms with Crippen molar-refractivity contribution in [3.8, 4) is 5.75 Å². The van der Waals surface area contributed by atoms with E-state index >= 15 is 0 Å².